The average molecular weight is 321 g/mol. The molecule has 1 nitrogen and oxygen atoms in total. The number of hydrogen-bond acceptors (Lipinski definition) is 1. The Hall–Kier alpha value is -1.35. The van der Waals surface area contributed by atoms with Gasteiger partial charge in [0.05, 0.1) is 11.4 Å². The molecule has 19 heavy (non-hydrogen) atoms. The molecule has 0 radical (unpaired) electrons. The van der Waals surface area contributed by atoms with Crippen molar-refractivity contribution in [1.82, 2.24) is 0 Å². The minimum absolute atomic E-state index is 0.126. The molecule has 3 heteroatoms. The number of halogens is 2. The van der Waals surface area contributed by atoms with Crippen LogP contribution in [-0.4, -0.2) is 6.61 Å². The molecule has 1 aliphatic rings. The maximum Gasteiger partial charge on any atom is 0.128 e. The summed E-state index contributed by atoms with van der Waals surface area (Å²) in [7, 11) is 0. The van der Waals surface area contributed by atoms with E-state index in [1.54, 1.807) is 6.07 Å². The first kappa shape index (κ1) is 12.7. The van der Waals surface area contributed by atoms with Crippen molar-refractivity contribution in [1.29, 1.82) is 0 Å². The quantitative estimate of drug-likeness (QED) is 0.737. The van der Waals surface area contributed by atoms with Crippen LogP contribution in [0.2, 0.25) is 0 Å². The summed E-state index contributed by atoms with van der Waals surface area (Å²) in [5.41, 5.74) is 3.87. The Labute approximate surface area is 120 Å². The Morgan fingerprint density at radius 3 is 2.84 bits per heavy atom. The maximum absolute atomic E-state index is 14.0. The smallest absolute Gasteiger partial charge is 0.128 e. The molecule has 1 aliphatic heterocycles. The lowest BCUT2D eigenvalue weighted by molar-refractivity contribution is 0.357. The maximum atomic E-state index is 14.0. The molecule has 3 rings (SSSR count). The van der Waals surface area contributed by atoms with E-state index in [0.29, 0.717) is 5.56 Å². The van der Waals surface area contributed by atoms with Crippen molar-refractivity contribution in [3.05, 3.63) is 64.5 Å². The van der Waals surface area contributed by atoms with Crippen molar-refractivity contribution in [3.8, 4) is 5.75 Å². The molecule has 2 aromatic rings. The van der Waals surface area contributed by atoms with Gasteiger partial charge in [-0.2, -0.15) is 0 Å². The second-order valence-corrected chi connectivity index (χ2v) is 5.77. The van der Waals surface area contributed by atoms with Gasteiger partial charge in [-0.15, -0.1) is 0 Å². The van der Waals surface area contributed by atoms with Crippen molar-refractivity contribution >= 4 is 15.9 Å². The topological polar surface area (TPSA) is 9.23 Å². The second kappa shape index (κ2) is 4.97. The SMILES string of the molecule is Cc1ccc(C(Br)c2ccc3c(c2)CCO3)c(F)c1. The second-order valence-electron chi connectivity index (χ2n) is 4.85. The third kappa shape index (κ3) is 2.39. The molecular weight excluding hydrogens is 307 g/mol. The lowest BCUT2D eigenvalue weighted by atomic mass is 10.0. The summed E-state index contributed by atoms with van der Waals surface area (Å²) in [6.45, 7) is 2.63. The van der Waals surface area contributed by atoms with E-state index in [0.717, 1.165) is 29.9 Å². The molecule has 0 bridgehead atoms. The number of benzene rings is 2. The van der Waals surface area contributed by atoms with E-state index in [9.17, 15) is 4.39 Å². The highest BCUT2D eigenvalue weighted by molar-refractivity contribution is 9.09. The minimum Gasteiger partial charge on any atom is -0.493 e. The van der Waals surface area contributed by atoms with Gasteiger partial charge in [0.2, 0.25) is 0 Å². The van der Waals surface area contributed by atoms with Gasteiger partial charge >= 0.3 is 0 Å². The van der Waals surface area contributed by atoms with Crippen LogP contribution in [0, 0.1) is 12.7 Å². The number of rotatable bonds is 2. The molecule has 1 atom stereocenters. The molecule has 0 aromatic heterocycles. The third-order valence-corrected chi connectivity index (χ3v) is 4.46. The van der Waals surface area contributed by atoms with E-state index >= 15 is 0 Å². The molecule has 0 fully saturated rings. The first-order valence-corrected chi connectivity index (χ1v) is 7.22. The van der Waals surface area contributed by atoms with Gasteiger partial charge in [-0.1, -0.05) is 40.2 Å². The normalized spacial score (nSPS) is 14.9. The summed E-state index contributed by atoms with van der Waals surface area (Å²) < 4.78 is 19.5. The van der Waals surface area contributed by atoms with Crippen molar-refractivity contribution in [2.75, 3.05) is 6.61 Å². The molecule has 1 heterocycles. The Balaban J connectivity index is 1.97. The van der Waals surface area contributed by atoms with Crippen molar-refractivity contribution in [2.45, 2.75) is 18.2 Å². The Morgan fingerprint density at radius 2 is 2.05 bits per heavy atom. The van der Waals surface area contributed by atoms with E-state index in [1.807, 2.05) is 31.2 Å². The third-order valence-electron chi connectivity index (χ3n) is 3.44. The molecule has 98 valence electrons. The van der Waals surface area contributed by atoms with E-state index in [4.69, 9.17) is 4.74 Å². The van der Waals surface area contributed by atoms with Gasteiger partial charge in [0, 0.05) is 12.0 Å². The fraction of sp³-hybridized carbons (Fsp3) is 0.250. The van der Waals surface area contributed by atoms with Crippen molar-refractivity contribution < 1.29 is 9.13 Å². The first-order valence-electron chi connectivity index (χ1n) is 6.31. The summed E-state index contributed by atoms with van der Waals surface area (Å²) in [6, 6.07) is 11.4. The number of aryl methyl sites for hydroxylation is 1. The minimum atomic E-state index is -0.168. The van der Waals surface area contributed by atoms with Gasteiger partial charge in [-0.3, -0.25) is 0 Å². The predicted octanol–water partition coefficient (Wildman–Crippen LogP) is 4.55. The zero-order chi connectivity index (χ0) is 13.4. The molecule has 0 N–H and O–H groups in total. The van der Waals surface area contributed by atoms with Crippen LogP contribution < -0.4 is 4.74 Å². The highest BCUT2D eigenvalue weighted by Gasteiger charge is 2.18. The fourth-order valence-electron chi connectivity index (χ4n) is 2.38. The van der Waals surface area contributed by atoms with Gasteiger partial charge in [-0.25, -0.2) is 4.39 Å². The standard InChI is InChI=1S/C16H14BrFO/c1-10-2-4-13(14(18)8-10)16(17)12-3-5-15-11(9-12)6-7-19-15/h2-5,8-9,16H,6-7H2,1H3. The van der Waals surface area contributed by atoms with Crippen LogP contribution in [0.4, 0.5) is 4.39 Å². The van der Waals surface area contributed by atoms with Crippen LogP contribution in [-0.2, 0) is 6.42 Å². The molecule has 0 saturated carbocycles. The number of alkyl halides is 1. The number of fused-ring (bicyclic) bond motifs is 1. The van der Waals surface area contributed by atoms with Crippen LogP contribution in [0.3, 0.4) is 0 Å². The van der Waals surface area contributed by atoms with Gasteiger partial charge in [0.25, 0.3) is 0 Å². The number of hydrogen-bond donors (Lipinski definition) is 0. The Kier molecular flexibility index (Phi) is 3.31. The van der Waals surface area contributed by atoms with Crippen LogP contribution in [0.25, 0.3) is 0 Å². The summed E-state index contributed by atoms with van der Waals surface area (Å²) in [6.07, 6.45) is 0.930. The highest BCUT2D eigenvalue weighted by Crippen LogP contribution is 2.36. The Morgan fingerprint density at radius 1 is 1.21 bits per heavy atom. The van der Waals surface area contributed by atoms with E-state index in [2.05, 4.69) is 22.0 Å². The molecule has 0 spiro atoms. The zero-order valence-corrected chi connectivity index (χ0v) is 12.2. The van der Waals surface area contributed by atoms with Gasteiger partial charge in [0.15, 0.2) is 0 Å². The van der Waals surface area contributed by atoms with E-state index < -0.39 is 0 Å². The first-order chi connectivity index (χ1) is 9.15. The predicted molar refractivity (Wildman–Crippen MR) is 77.5 cm³/mol. The lowest BCUT2D eigenvalue weighted by Crippen LogP contribution is -1.97. The van der Waals surface area contributed by atoms with Crippen LogP contribution in [0.1, 0.15) is 27.1 Å². The lowest BCUT2D eigenvalue weighted by Gasteiger charge is -2.13. The Bertz CT molecular complexity index is 624. The van der Waals surface area contributed by atoms with Gasteiger partial charge < -0.3 is 4.74 Å². The number of ether oxygens (including phenoxy) is 1. The molecule has 1 unspecified atom stereocenters. The van der Waals surface area contributed by atoms with Gasteiger partial charge in [0.1, 0.15) is 11.6 Å². The fourth-order valence-corrected chi connectivity index (χ4v) is 3.04. The highest BCUT2D eigenvalue weighted by atomic mass is 79.9. The largest absolute Gasteiger partial charge is 0.493 e. The van der Waals surface area contributed by atoms with Gasteiger partial charge in [-0.05, 0) is 35.7 Å². The summed E-state index contributed by atoms with van der Waals surface area (Å²) >= 11 is 3.60. The summed E-state index contributed by atoms with van der Waals surface area (Å²) in [5, 5.41) is 0. The van der Waals surface area contributed by atoms with Crippen LogP contribution >= 0.6 is 15.9 Å². The van der Waals surface area contributed by atoms with Crippen LogP contribution in [0.15, 0.2) is 36.4 Å². The zero-order valence-electron chi connectivity index (χ0n) is 10.6. The van der Waals surface area contributed by atoms with E-state index in [1.165, 1.54) is 5.56 Å². The van der Waals surface area contributed by atoms with E-state index in [-0.39, 0.29) is 10.6 Å². The monoisotopic (exact) mass is 320 g/mol. The van der Waals surface area contributed by atoms with Crippen molar-refractivity contribution in [3.63, 3.8) is 0 Å². The molecule has 0 saturated heterocycles. The summed E-state index contributed by atoms with van der Waals surface area (Å²) in [5.74, 6) is 0.784. The average Bonchev–Trinajstić information content (AvgIpc) is 2.85. The molecular formula is C16H14BrFO. The van der Waals surface area contributed by atoms with Crippen LogP contribution in [0.5, 0.6) is 5.75 Å². The molecule has 0 aliphatic carbocycles. The molecule has 0 amide bonds. The summed E-state index contributed by atoms with van der Waals surface area (Å²) in [4.78, 5) is -0.126. The van der Waals surface area contributed by atoms with Crippen molar-refractivity contribution in [2.24, 2.45) is 0 Å². The molecule has 2 aromatic carbocycles.